The maximum Gasteiger partial charge on any atom is 0.306 e. The highest BCUT2D eigenvalue weighted by atomic mass is 16.7. The van der Waals surface area contributed by atoms with Crippen LogP contribution in [0.3, 0.4) is 0 Å². The van der Waals surface area contributed by atoms with E-state index in [2.05, 4.69) is 86.8 Å². The Morgan fingerprint density at radius 1 is 0.500 bits per heavy atom. The van der Waals surface area contributed by atoms with Gasteiger partial charge < -0.3 is 39.4 Å². The fraction of sp³-hybridized carbons (Fsp3) is 0.772. The molecule has 0 amide bonds. The molecular weight excluding hydrogens is 829 g/mol. The maximum absolute atomic E-state index is 12.9. The number of carbonyl (C=O) groups excluding carboxylic acids is 1. The number of unbranched alkanes of at least 4 members (excludes halogenated alkanes) is 23. The summed E-state index contributed by atoms with van der Waals surface area (Å²) in [6, 6.07) is 0. The van der Waals surface area contributed by atoms with Crippen molar-refractivity contribution < 1.29 is 44.2 Å². The number of aliphatic hydroxyl groups excluding tert-OH is 4. The molecule has 1 saturated heterocycles. The Hall–Kier alpha value is -2.37. The van der Waals surface area contributed by atoms with Crippen LogP contribution < -0.4 is 0 Å². The highest BCUT2D eigenvalue weighted by molar-refractivity contribution is 5.69. The molecule has 6 unspecified atom stereocenters. The highest BCUT2D eigenvalue weighted by Gasteiger charge is 2.44. The smallest absolute Gasteiger partial charge is 0.306 e. The molecule has 0 spiro atoms. The molecule has 66 heavy (non-hydrogen) atoms. The lowest BCUT2D eigenvalue weighted by atomic mass is 9.99. The normalized spacial score (nSPS) is 19.9. The van der Waals surface area contributed by atoms with Gasteiger partial charge in [-0.2, -0.15) is 0 Å². The average Bonchev–Trinajstić information content (AvgIpc) is 3.32. The zero-order valence-corrected chi connectivity index (χ0v) is 42.2. The number of hydrogen-bond donors (Lipinski definition) is 4. The van der Waals surface area contributed by atoms with E-state index in [9.17, 15) is 25.2 Å². The van der Waals surface area contributed by atoms with Crippen molar-refractivity contribution in [2.75, 3.05) is 26.4 Å². The van der Waals surface area contributed by atoms with Gasteiger partial charge in [-0.25, -0.2) is 0 Å². The van der Waals surface area contributed by atoms with Gasteiger partial charge in [0.15, 0.2) is 6.29 Å². The van der Waals surface area contributed by atoms with Gasteiger partial charge in [0.25, 0.3) is 0 Å². The molecule has 9 nitrogen and oxygen atoms in total. The van der Waals surface area contributed by atoms with Crippen molar-refractivity contribution in [2.24, 2.45) is 0 Å². The van der Waals surface area contributed by atoms with Crippen molar-refractivity contribution >= 4 is 5.97 Å². The lowest BCUT2D eigenvalue weighted by molar-refractivity contribution is -0.305. The molecule has 1 aliphatic rings. The summed E-state index contributed by atoms with van der Waals surface area (Å²) in [7, 11) is 0. The van der Waals surface area contributed by atoms with Crippen LogP contribution in [0.2, 0.25) is 0 Å². The highest BCUT2D eigenvalue weighted by Crippen LogP contribution is 2.23. The molecule has 0 radical (unpaired) electrons. The first-order valence-electron chi connectivity index (χ1n) is 27.0. The molecule has 1 rings (SSSR count). The molecular formula is C57H100O9. The van der Waals surface area contributed by atoms with Crippen LogP contribution in [0.15, 0.2) is 72.9 Å². The van der Waals surface area contributed by atoms with Gasteiger partial charge >= 0.3 is 5.97 Å². The molecule has 1 heterocycles. The van der Waals surface area contributed by atoms with Gasteiger partial charge in [0.2, 0.25) is 0 Å². The molecule has 0 aromatic rings. The van der Waals surface area contributed by atoms with Gasteiger partial charge in [-0.05, 0) is 83.5 Å². The molecule has 6 atom stereocenters. The monoisotopic (exact) mass is 929 g/mol. The van der Waals surface area contributed by atoms with Crippen LogP contribution in [0.25, 0.3) is 0 Å². The Bertz CT molecular complexity index is 1240. The van der Waals surface area contributed by atoms with E-state index in [1.54, 1.807) is 0 Å². The fourth-order valence-electron chi connectivity index (χ4n) is 7.93. The van der Waals surface area contributed by atoms with Crippen LogP contribution >= 0.6 is 0 Å². The third-order valence-corrected chi connectivity index (χ3v) is 12.1. The second-order valence-corrected chi connectivity index (χ2v) is 18.3. The van der Waals surface area contributed by atoms with Gasteiger partial charge in [-0.3, -0.25) is 4.79 Å². The van der Waals surface area contributed by atoms with Gasteiger partial charge in [0.05, 0.1) is 19.8 Å². The summed E-state index contributed by atoms with van der Waals surface area (Å²) in [6.45, 7) is 4.43. The van der Waals surface area contributed by atoms with Crippen LogP contribution in [-0.4, -0.2) is 89.6 Å². The molecule has 0 saturated carbocycles. The lowest BCUT2D eigenvalue weighted by Gasteiger charge is -2.39. The average molecular weight is 929 g/mol. The summed E-state index contributed by atoms with van der Waals surface area (Å²) in [6.07, 6.45) is 56.5. The second-order valence-electron chi connectivity index (χ2n) is 18.3. The van der Waals surface area contributed by atoms with E-state index < -0.39 is 43.4 Å². The Morgan fingerprint density at radius 3 is 1.41 bits per heavy atom. The summed E-state index contributed by atoms with van der Waals surface area (Å²) in [5.74, 6) is -0.332. The Morgan fingerprint density at radius 2 is 0.924 bits per heavy atom. The Balaban J connectivity index is 2.21. The molecule has 0 bridgehead atoms. The van der Waals surface area contributed by atoms with Gasteiger partial charge in [-0.15, -0.1) is 0 Å². The third kappa shape index (κ3) is 37.6. The maximum atomic E-state index is 12.9. The van der Waals surface area contributed by atoms with Crippen LogP contribution in [0, 0.1) is 0 Å². The third-order valence-electron chi connectivity index (χ3n) is 12.1. The molecule has 0 aromatic heterocycles. The summed E-state index contributed by atoms with van der Waals surface area (Å²) >= 11 is 0. The number of esters is 1. The Labute approximate surface area is 404 Å². The predicted molar refractivity (Wildman–Crippen MR) is 274 cm³/mol. The number of ether oxygens (including phenoxy) is 4. The zero-order valence-electron chi connectivity index (χ0n) is 42.2. The topological polar surface area (TPSA) is 135 Å². The first kappa shape index (κ1) is 61.6. The minimum absolute atomic E-state index is 0.125. The second kappa shape index (κ2) is 47.7. The van der Waals surface area contributed by atoms with Crippen molar-refractivity contribution in [1.29, 1.82) is 0 Å². The molecule has 9 heteroatoms. The molecule has 0 aliphatic carbocycles. The zero-order chi connectivity index (χ0) is 47.8. The van der Waals surface area contributed by atoms with Crippen LogP contribution in [0.1, 0.15) is 219 Å². The summed E-state index contributed by atoms with van der Waals surface area (Å²) in [5, 5.41) is 40.3. The SMILES string of the molecule is CC/C=C\C/C=C\C/C=C\C/C=C\C/C=C\CCCCCCCC(=O)OC(COCCCCCCCCCCCC/C=C\CCCCCCCCCC)COC1OC(CO)C(O)C(O)C1O. The van der Waals surface area contributed by atoms with Gasteiger partial charge in [0, 0.05) is 13.0 Å². The number of allylic oxidation sites excluding steroid dienone is 12. The van der Waals surface area contributed by atoms with E-state index >= 15 is 0 Å². The Kier molecular flexibility index (Phi) is 44.5. The van der Waals surface area contributed by atoms with Crippen molar-refractivity contribution in [3.8, 4) is 0 Å². The number of hydrogen-bond acceptors (Lipinski definition) is 9. The number of carbonyl (C=O) groups is 1. The number of rotatable bonds is 46. The van der Waals surface area contributed by atoms with E-state index in [1.165, 1.54) is 116 Å². The first-order chi connectivity index (χ1) is 32.4. The molecule has 1 fully saturated rings. The number of aliphatic hydroxyl groups is 4. The summed E-state index contributed by atoms with van der Waals surface area (Å²) < 4.78 is 22.9. The fourth-order valence-corrected chi connectivity index (χ4v) is 7.93. The summed E-state index contributed by atoms with van der Waals surface area (Å²) in [5.41, 5.74) is 0. The van der Waals surface area contributed by atoms with Crippen molar-refractivity contribution in [2.45, 2.75) is 256 Å². The standard InChI is InChI=1S/C57H100O9/c1-3-5-7-9-11-13-15-17-19-21-23-25-27-29-31-33-35-37-39-41-43-45-47-63-49-51(50-64-57-56(62)55(61)54(60)52(48-58)66-57)65-53(59)46-44-42-40-38-36-34-32-30-28-26-24-22-20-18-16-14-12-10-8-6-4-2/h6,8,12,14,18,20-21,23-24,26,30,32,51-52,54-58,60-62H,3-5,7,9-11,13,15-17,19,22,25,27-29,31,33-50H2,1-2H3/b8-6-,14-12-,20-18-,23-21-,26-24-,32-30-. The lowest BCUT2D eigenvalue weighted by Crippen LogP contribution is -2.59. The van der Waals surface area contributed by atoms with E-state index in [1.807, 2.05) is 0 Å². The van der Waals surface area contributed by atoms with Crippen molar-refractivity contribution in [1.82, 2.24) is 0 Å². The van der Waals surface area contributed by atoms with Gasteiger partial charge in [-0.1, -0.05) is 202 Å². The van der Waals surface area contributed by atoms with Gasteiger partial charge in [0.1, 0.15) is 30.5 Å². The van der Waals surface area contributed by atoms with E-state index in [0.29, 0.717) is 13.0 Å². The predicted octanol–water partition coefficient (Wildman–Crippen LogP) is 13.6. The van der Waals surface area contributed by atoms with E-state index in [-0.39, 0.29) is 19.2 Å². The molecule has 4 N–H and O–H groups in total. The minimum Gasteiger partial charge on any atom is -0.457 e. The van der Waals surface area contributed by atoms with Crippen LogP contribution in [0.5, 0.6) is 0 Å². The first-order valence-corrected chi connectivity index (χ1v) is 27.0. The van der Waals surface area contributed by atoms with E-state index in [4.69, 9.17) is 18.9 Å². The largest absolute Gasteiger partial charge is 0.457 e. The van der Waals surface area contributed by atoms with Crippen LogP contribution in [-0.2, 0) is 23.7 Å². The van der Waals surface area contributed by atoms with Crippen LogP contribution in [0.4, 0.5) is 0 Å². The summed E-state index contributed by atoms with van der Waals surface area (Å²) in [4.78, 5) is 12.9. The molecule has 0 aromatic carbocycles. The molecule has 1 aliphatic heterocycles. The molecule has 382 valence electrons. The quantitative estimate of drug-likeness (QED) is 0.0267. The minimum atomic E-state index is -1.54. The van der Waals surface area contributed by atoms with E-state index in [0.717, 1.165) is 83.5 Å². The van der Waals surface area contributed by atoms with Crippen molar-refractivity contribution in [3.05, 3.63) is 72.9 Å². The van der Waals surface area contributed by atoms with Crippen molar-refractivity contribution in [3.63, 3.8) is 0 Å².